The van der Waals surface area contributed by atoms with Crippen molar-refractivity contribution in [2.75, 3.05) is 0 Å². The summed E-state index contributed by atoms with van der Waals surface area (Å²) in [6, 6.07) is 15.2. The molecule has 5 heteroatoms. The Kier molecular flexibility index (Phi) is 7.41. The van der Waals surface area contributed by atoms with Crippen molar-refractivity contribution in [3.63, 3.8) is 0 Å². The van der Waals surface area contributed by atoms with Gasteiger partial charge in [-0.25, -0.2) is 0 Å². The fraction of sp³-hybridized carbons (Fsp3) is 0.391. The monoisotopic (exact) mass is 444 g/mol. The predicted octanol–water partition coefficient (Wildman–Crippen LogP) is 4.63. The Bertz CT molecular complexity index is 842. The number of hydrogen-bond acceptors (Lipinski definition) is 2. The van der Waals surface area contributed by atoms with Gasteiger partial charge in [0.2, 0.25) is 11.8 Å². The quantitative estimate of drug-likeness (QED) is 0.705. The molecule has 1 N–H and O–H groups in total. The lowest BCUT2D eigenvalue weighted by molar-refractivity contribution is -0.140. The van der Waals surface area contributed by atoms with Gasteiger partial charge < -0.3 is 10.2 Å². The molecule has 0 aliphatic heterocycles. The molecular formula is C23H29BrN2O2. The van der Waals surface area contributed by atoms with E-state index >= 15 is 0 Å². The molecule has 1 unspecified atom stereocenters. The second-order valence-electron chi connectivity index (χ2n) is 8.23. The molecule has 0 saturated heterocycles. The van der Waals surface area contributed by atoms with Crippen LogP contribution in [0.5, 0.6) is 0 Å². The van der Waals surface area contributed by atoms with Crippen molar-refractivity contribution in [1.29, 1.82) is 0 Å². The predicted molar refractivity (Wildman–Crippen MR) is 117 cm³/mol. The Morgan fingerprint density at radius 3 is 2.32 bits per heavy atom. The molecule has 2 rings (SSSR count). The van der Waals surface area contributed by atoms with Crippen molar-refractivity contribution < 1.29 is 9.59 Å². The summed E-state index contributed by atoms with van der Waals surface area (Å²) in [5.41, 5.74) is 2.68. The van der Waals surface area contributed by atoms with Crippen molar-refractivity contribution in [2.45, 2.75) is 59.2 Å². The Morgan fingerprint density at radius 1 is 1.07 bits per heavy atom. The van der Waals surface area contributed by atoms with Gasteiger partial charge in [0.25, 0.3) is 0 Å². The molecule has 2 aromatic rings. The van der Waals surface area contributed by atoms with Crippen LogP contribution in [0.15, 0.2) is 53.0 Å². The van der Waals surface area contributed by atoms with E-state index in [1.54, 1.807) is 11.8 Å². The van der Waals surface area contributed by atoms with E-state index in [0.717, 1.165) is 21.2 Å². The van der Waals surface area contributed by atoms with Gasteiger partial charge in [0.1, 0.15) is 6.04 Å². The van der Waals surface area contributed by atoms with E-state index in [9.17, 15) is 9.59 Å². The van der Waals surface area contributed by atoms with Crippen molar-refractivity contribution in [3.8, 4) is 0 Å². The second-order valence-corrected chi connectivity index (χ2v) is 9.15. The van der Waals surface area contributed by atoms with Gasteiger partial charge in [-0.2, -0.15) is 0 Å². The van der Waals surface area contributed by atoms with E-state index in [0.29, 0.717) is 6.54 Å². The molecule has 1 atom stereocenters. The average Bonchev–Trinajstić information content (AvgIpc) is 2.57. The highest BCUT2D eigenvalue weighted by atomic mass is 79.9. The van der Waals surface area contributed by atoms with Crippen LogP contribution in [0.1, 0.15) is 44.4 Å². The summed E-state index contributed by atoms with van der Waals surface area (Å²) < 4.78 is 0.947. The highest BCUT2D eigenvalue weighted by Crippen LogP contribution is 2.17. The van der Waals surface area contributed by atoms with E-state index in [1.807, 2.05) is 76.2 Å². The molecule has 0 heterocycles. The standard InChI is InChI=1S/C23H29BrN2O2/c1-16-8-6-9-18(12-16)14-21(27)26(15-19-10-7-11-20(24)13-19)17(2)22(28)25-23(3,4)5/h6-13,17H,14-15H2,1-5H3,(H,25,28). The maximum Gasteiger partial charge on any atom is 0.242 e. The second kappa shape index (κ2) is 9.37. The topological polar surface area (TPSA) is 49.4 Å². The Balaban J connectivity index is 2.26. The summed E-state index contributed by atoms with van der Waals surface area (Å²) in [6.07, 6.45) is 0.267. The number of carbonyl (C=O) groups is 2. The van der Waals surface area contributed by atoms with Crippen molar-refractivity contribution in [1.82, 2.24) is 10.2 Å². The van der Waals surface area contributed by atoms with Crippen LogP contribution in [0.4, 0.5) is 0 Å². The van der Waals surface area contributed by atoms with Crippen LogP contribution in [0.3, 0.4) is 0 Å². The molecule has 2 aromatic carbocycles. The van der Waals surface area contributed by atoms with Gasteiger partial charge in [-0.05, 0) is 57.9 Å². The fourth-order valence-corrected chi connectivity index (χ4v) is 3.43. The van der Waals surface area contributed by atoms with Gasteiger partial charge in [0.15, 0.2) is 0 Å². The van der Waals surface area contributed by atoms with Crippen molar-refractivity contribution in [3.05, 3.63) is 69.7 Å². The molecule has 0 saturated carbocycles. The Morgan fingerprint density at radius 2 is 1.71 bits per heavy atom. The van der Waals surface area contributed by atoms with Gasteiger partial charge in [-0.3, -0.25) is 9.59 Å². The minimum atomic E-state index is -0.574. The summed E-state index contributed by atoms with van der Waals surface area (Å²) >= 11 is 3.47. The molecule has 2 amide bonds. The smallest absolute Gasteiger partial charge is 0.242 e. The molecule has 0 bridgehead atoms. The summed E-state index contributed by atoms with van der Waals surface area (Å²) in [7, 11) is 0. The van der Waals surface area contributed by atoms with Crippen LogP contribution in [0, 0.1) is 6.92 Å². The molecule has 0 spiro atoms. The maximum atomic E-state index is 13.2. The lowest BCUT2D eigenvalue weighted by Gasteiger charge is -2.31. The van der Waals surface area contributed by atoms with Crippen LogP contribution in [-0.2, 0) is 22.6 Å². The van der Waals surface area contributed by atoms with Gasteiger partial charge in [0, 0.05) is 16.6 Å². The average molecular weight is 445 g/mol. The number of carbonyl (C=O) groups excluding carboxylic acids is 2. The van der Waals surface area contributed by atoms with Gasteiger partial charge in [-0.15, -0.1) is 0 Å². The van der Waals surface area contributed by atoms with E-state index < -0.39 is 6.04 Å². The zero-order chi connectivity index (χ0) is 20.9. The van der Waals surface area contributed by atoms with Gasteiger partial charge in [-0.1, -0.05) is 57.9 Å². The largest absolute Gasteiger partial charge is 0.350 e. The summed E-state index contributed by atoms with van der Waals surface area (Å²) in [5, 5.41) is 2.98. The highest BCUT2D eigenvalue weighted by molar-refractivity contribution is 9.10. The van der Waals surface area contributed by atoms with Crippen LogP contribution in [0.2, 0.25) is 0 Å². The number of nitrogens with zero attached hydrogens (tertiary/aromatic N) is 1. The van der Waals surface area contributed by atoms with Crippen LogP contribution in [-0.4, -0.2) is 28.3 Å². The molecule has 0 aliphatic rings. The molecule has 0 aliphatic carbocycles. The zero-order valence-corrected chi connectivity index (χ0v) is 18.8. The van der Waals surface area contributed by atoms with Crippen molar-refractivity contribution >= 4 is 27.7 Å². The summed E-state index contributed by atoms with van der Waals surface area (Å²) in [6.45, 7) is 9.98. The Labute approximate surface area is 176 Å². The molecule has 150 valence electrons. The number of benzene rings is 2. The molecule has 4 nitrogen and oxygen atoms in total. The first kappa shape index (κ1) is 22.2. The number of amides is 2. The van der Waals surface area contributed by atoms with Crippen LogP contribution in [0.25, 0.3) is 0 Å². The Hall–Kier alpha value is -2.14. The maximum absolute atomic E-state index is 13.2. The minimum absolute atomic E-state index is 0.0675. The van der Waals surface area contributed by atoms with E-state index in [-0.39, 0.29) is 23.8 Å². The van der Waals surface area contributed by atoms with Crippen LogP contribution < -0.4 is 5.32 Å². The summed E-state index contributed by atoms with van der Waals surface area (Å²) in [5.74, 6) is -0.220. The lowest BCUT2D eigenvalue weighted by atomic mass is 10.1. The first-order valence-corrected chi connectivity index (χ1v) is 10.3. The number of aryl methyl sites for hydroxylation is 1. The van der Waals surface area contributed by atoms with Gasteiger partial charge in [0.05, 0.1) is 6.42 Å². The number of halogens is 1. The first-order valence-electron chi connectivity index (χ1n) is 9.46. The third-order valence-electron chi connectivity index (χ3n) is 4.35. The van der Waals surface area contributed by atoms with E-state index in [1.165, 1.54) is 0 Å². The summed E-state index contributed by atoms with van der Waals surface area (Å²) in [4.78, 5) is 27.6. The number of nitrogens with one attached hydrogen (secondary N) is 1. The van der Waals surface area contributed by atoms with Gasteiger partial charge >= 0.3 is 0 Å². The molecule has 0 radical (unpaired) electrons. The van der Waals surface area contributed by atoms with Crippen LogP contribution >= 0.6 is 15.9 Å². The minimum Gasteiger partial charge on any atom is -0.350 e. The molecule has 28 heavy (non-hydrogen) atoms. The number of rotatable bonds is 6. The first-order chi connectivity index (χ1) is 13.0. The third kappa shape index (κ3) is 6.79. The molecule has 0 fully saturated rings. The molecular weight excluding hydrogens is 416 g/mol. The third-order valence-corrected chi connectivity index (χ3v) is 4.84. The fourth-order valence-electron chi connectivity index (χ4n) is 2.99. The number of hydrogen-bond donors (Lipinski definition) is 1. The molecule has 0 aromatic heterocycles. The zero-order valence-electron chi connectivity index (χ0n) is 17.3. The van der Waals surface area contributed by atoms with E-state index in [2.05, 4.69) is 21.2 Å². The lowest BCUT2D eigenvalue weighted by Crippen LogP contribution is -2.52. The normalized spacial score (nSPS) is 12.4. The van der Waals surface area contributed by atoms with E-state index in [4.69, 9.17) is 0 Å². The SMILES string of the molecule is Cc1cccc(CC(=O)N(Cc2cccc(Br)c2)C(C)C(=O)NC(C)(C)C)c1. The van der Waals surface area contributed by atoms with Crippen molar-refractivity contribution in [2.24, 2.45) is 0 Å². The highest BCUT2D eigenvalue weighted by Gasteiger charge is 2.28.